The van der Waals surface area contributed by atoms with Gasteiger partial charge in [0.15, 0.2) is 5.16 Å². The summed E-state index contributed by atoms with van der Waals surface area (Å²) in [6.07, 6.45) is 3.21. The highest BCUT2D eigenvalue weighted by molar-refractivity contribution is 7.98. The van der Waals surface area contributed by atoms with Gasteiger partial charge in [-0.3, -0.25) is 9.78 Å². The van der Waals surface area contributed by atoms with Crippen LogP contribution in [0.4, 0.5) is 0 Å². The number of carboxylic acids is 1. The van der Waals surface area contributed by atoms with Crippen LogP contribution in [0, 0.1) is 11.3 Å². The molecule has 128 valence electrons. The molecular formula is C18H12N4O3S. The topological polar surface area (TPSA) is 120 Å². The number of hydrogen-bond donors (Lipinski definition) is 2. The number of nitriles is 1. The largest absolute Gasteiger partial charge is 0.478 e. The van der Waals surface area contributed by atoms with Crippen LogP contribution in [0.5, 0.6) is 0 Å². The van der Waals surface area contributed by atoms with Gasteiger partial charge in [0.05, 0.1) is 17.0 Å². The Hall–Kier alpha value is -3.44. The summed E-state index contributed by atoms with van der Waals surface area (Å²) in [6.45, 7) is 0. The highest BCUT2D eigenvalue weighted by atomic mass is 32.2. The molecule has 0 atom stereocenters. The molecule has 3 aromatic rings. The lowest BCUT2D eigenvalue weighted by molar-refractivity contribution is 0.0697. The second-order valence-electron chi connectivity index (χ2n) is 5.22. The van der Waals surface area contributed by atoms with E-state index in [2.05, 4.69) is 15.0 Å². The predicted molar refractivity (Wildman–Crippen MR) is 97.0 cm³/mol. The van der Waals surface area contributed by atoms with Crippen molar-refractivity contribution in [3.05, 3.63) is 64.1 Å². The molecule has 3 rings (SSSR count). The molecule has 0 radical (unpaired) electrons. The molecule has 2 N–H and O–H groups in total. The van der Waals surface area contributed by atoms with Gasteiger partial charge in [-0.25, -0.2) is 9.78 Å². The molecule has 0 aliphatic heterocycles. The molecule has 0 spiro atoms. The van der Waals surface area contributed by atoms with Gasteiger partial charge in [0.25, 0.3) is 5.56 Å². The Balaban J connectivity index is 2.05. The number of H-pyrrole nitrogens is 1. The van der Waals surface area contributed by atoms with Crippen molar-refractivity contribution >= 4 is 17.7 Å². The summed E-state index contributed by atoms with van der Waals surface area (Å²) in [5, 5.41) is 18.8. The van der Waals surface area contributed by atoms with Crippen molar-refractivity contribution in [2.24, 2.45) is 0 Å². The Morgan fingerprint density at radius 2 is 1.92 bits per heavy atom. The SMILES string of the molecule is CSc1nc(-c2ccc(-c3cc(C(=O)O)ccn3)cc2)c(C#N)c(=O)[nH]1. The summed E-state index contributed by atoms with van der Waals surface area (Å²) >= 11 is 1.27. The van der Waals surface area contributed by atoms with Crippen molar-refractivity contribution in [1.82, 2.24) is 15.0 Å². The van der Waals surface area contributed by atoms with E-state index in [9.17, 15) is 14.9 Å². The van der Waals surface area contributed by atoms with Crippen molar-refractivity contribution in [2.75, 3.05) is 6.26 Å². The average Bonchev–Trinajstić information content (AvgIpc) is 2.67. The fourth-order valence-corrected chi connectivity index (χ4v) is 2.76. The summed E-state index contributed by atoms with van der Waals surface area (Å²) in [7, 11) is 0. The normalized spacial score (nSPS) is 10.3. The number of rotatable bonds is 4. The van der Waals surface area contributed by atoms with Gasteiger partial charge in [-0.05, 0) is 18.4 Å². The van der Waals surface area contributed by atoms with Crippen molar-refractivity contribution in [1.29, 1.82) is 5.26 Å². The molecule has 0 saturated carbocycles. The van der Waals surface area contributed by atoms with Gasteiger partial charge in [0, 0.05) is 17.3 Å². The number of pyridine rings is 1. The van der Waals surface area contributed by atoms with Crippen molar-refractivity contribution in [2.45, 2.75) is 5.16 Å². The number of benzene rings is 1. The second-order valence-corrected chi connectivity index (χ2v) is 6.02. The van der Waals surface area contributed by atoms with E-state index < -0.39 is 11.5 Å². The van der Waals surface area contributed by atoms with E-state index in [-0.39, 0.29) is 11.1 Å². The third-order valence-electron chi connectivity index (χ3n) is 3.66. The summed E-state index contributed by atoms with van der Waals surface area (Å²) < 4.78 is 0. The van der Waals surface area contributed by atoms with Crippen LogP contribution in [0.1, 0.15) is 15.9 Å². The van der Waals surface area contributed by atoms with Crippen LogP contribution in [0.2, 0.25) is 0 Å². The second kappa shape index (κ2) is 7.21. The number of aromatic amines is 1. The lowest BCUT2D eigenvalue weighted by Gasteiger charge is -2.07. The van der Waals surface area contributed by atoms with Gasteiger partial charge in [-0.15, -0.1) is 0 Å². The van der Waals surface area contributed by atoms with Gasteiger partial charge < -0.3 is 10.1 Å². The van der Waals surface area contributed by atoms with Gasteiger partial charge >= 0.3 is 5.97 Å². The maximum absolute atomic E-state index is 12.0. The zero-order valence-corrected chi connectivity index (χ0v) is 14.4. The van der Waals surface area contributed by atoms with Crippen LogP contribution in [0.15, 0.2) is 52.5 Å². The highest BCUT2D eigenvalue weighted by Gasteiger charge is 2.13. The Morgan fingerprint density at radius 3 is 2.54 bits per heavy atom. The van der Waals surface area contributed by atoms with E-state index in [0.29, 0.717) is 27.7 Å². The van der Waals surface area contributed by atoms with Crippen molar-refractivity contribution < 1.29 is 9.90 Å². The molecule has 0 bridgehead atoms. The lowest BCUT2D eigenvalue weighted by Crippen LogP contribution is -2.14. The van der Waals surface area contributed by atoms with Gasteiger partial charge in [-0.2, -0.15) is 5.26 Å². The van der Waals surface area contributed by atoms with E-state index in [0.717, 1.165) is 0 Å². The molecule has 2 heterocycles. The lowest BCUT2D eigenvalue weighted by atomic mass is 10.0. The average molecular weight is 364 g/mol. The minimum atomic E-state index is -1.03. The summed E-state index contributed by atoms with van der Waals surface area (Å²) in [4.78, 5) is 34.2. The molecule has 8 heteroatoms. The van der Waals surface area contributed by atoms with Gasteiger partial charge in [0.2, 0.25) is 0 Å². The first-order chi connectivity index (χ1) is 12.5. The smallest absolute Gasteiger partial charge is 0.335 e. The number of hydrogen-bond acceptors (Lipinski definition) is 6. The van der Waals surface area contributed by atoms with E-state index in [1.807, 2.05) is 6.07 Å². The van der Waals surface area contributed by atoms with Crippen LogP contribution < -0.4 is 5.56 Å². The number of nitrogens with zero attached hydrogens (tertiary/aromatic N) is 3. The first-order valence-electron chi connectivity index (χ1n) is 7.42. The first kappa shape index (κ1) is 17.4. The van der Waals surface area contributed by atoms with Crippen LogP contribution >= 0.6 is 11.8 Å². The molecule has 0 aliphatic rings. The Bertz CT molecular complexity index is 1080. The standard InChI is InChI=1S/C18H12N4O3S/c1-26-18-21-15(13(9-19)16(23)22-18)11-4-2-10(3-5-11)14-8-12(17(24)25)6-7-20-14/h2-8H,1H3,(H,24,25)(H,21,22,23). The molecular weight excluding hydrogens is 352 g/mol. The Kier molecular flexibility index (Phi) is 4.82. The Morgan fingerprint density at radius 1 is 1.23 bits per heavy atom. The predicted octanol–water partition coefficient (Wildman–Crippen LogP) is 2.79. The highest BCUT2D eigenvalue weighted by Crippen LogP contribution is 2.25. The molecule has 0 fully saturated rings. The zero-order chi connectivity index (χ0) is 18.7. The third-order valence-corrected chi connectivity index (χ3v) is 4.24. The van der Waals surface area contributed by atoms with Crippen LogP contribution in [-0.2, 0) is 0 Å². The molecule has 26 heavy (non-hydrogen) atoms. The number of nitrogens with one attached hydrogen (secondary N) is 1. The van der Waals surface area contributed by atoms with Crippen molar-refractivity contribution in [3.63, 3.8) is 0 Å². The summed E-state index contributed by atoms with van der Waals surface area (Å²) in [5.74, 6) is -1.03. The van der Waals surface area contributed by atoms with Crippen LogP contribution in [-0.4, -0.2) is 32.3 Å². The summed E-state index contributed by atoms with van der Waals surface area (Å²) in [5.41, 5.74) is 1.75. The quantitative estimate of drug-likeness (QED) is 0.539. The third kappa shape index (κ3) is 3.34. The van der Waals surface area contributed by atoms with Crippen LogP contribution in [0.3, 0.4) is 0 Å². The first-order valence-corrected chi connectivity index (χ1v) is 8.64. The van der Waals surface area contributed by atoms with E-state index in [1.54, 1.807) is 30.5 Å². The number of thioether (sulfide) groups is 1. The minimum absolute atomic E-state index is 0.0541. The van der Waals surface area contributed by atoms with Gasteiger partial charge in [0.1, 0.15) is 11.6 Å². The van der Waals surface area contributed by atoms with E-state index in [4.69, 9.17) is 5.11 Å². The maximum atomic E-state index is 12.0. The van der Waals surface area contributed by atoms with Crippen molar-refractivity contribution in [3.8, 4) is 28.6 Å². The molecule has 0 unspecified atom stereocenters. The summed E-state index contributed by atoms with van der Waals surface area (Å²) in [6, 6.07) is 11.7. The Labute approximate surface area is 152 Å². The minimum Gasteiger partial charge on any atom is -0.478 e. The molecule has 2 aromatic heterocycles. The number of carbonyl (C=O) groups is 1. The zero-order valence-electron chi connectivity index (χ0n) is 13.6. The van der Waals surface area contributed by atoms with E-state index in [1.165, 1.54) is 30.1 Å². The number of aromatic nitrogens is 3. The molecule has 0 saturated heterocycles. The molecule has 0 aliphatic carbocycles. The monoisotopic (exact) mass is 364 g/mol. The maximum Gasteiger partial charge on any atom is 0.335 e. The fraction of sp³-hybridized carbons (Fsp3) is 0.0556. The van der Waals surface area contributed by atoms with Gasteiger partial charge in [-0.1, -0.05) is 36.0 Å². The number of carboxylic acid groups (broad SMARTS) is 1. The molecule has 1 aromatic carbocycles. The molecule has 7 nitrogen and oxygen atoms in total. The number of aromatic carboxylic acids is 1. The van der Waals surface area contributed by atoms with E-state index >= 15 is 0 Å². The van der Waals surface area contributed by atoms with Crippen LogP contribution in [0.25, 0.3) is 22.5 Å². The fourth-order valence-electron chi connectivity index (χ4n) is 2.38. The molecule has 0 amide bonds.